The minimum absolute atomic E-state index is 0.171. The van der Waals surface area contributed by atoms with Crippen molar-refractivity contribution in [3.63, 3.8) is 0 Å². The minimum atomic E-state index is -2.03. The molecule has 10 aliphatic rings. The Hall–Kier alpha value is -7.46. The Labute approximate surface area is 498 Å². The van der Waals surface area contributed by atoms with Crippen molar-refractivity contribution < 1.29 is 48.5 Å². The van der Waals surface area contributed by atoms with Gasteiger partial charge in [-0.25, -0.2) is 0 Å². The molecule has 0 saturated carbocycles. The van der Waals surface area contributed by atoms with Crippen LogP contribution in [0.15, 0.2) is 109 Å². The van der Waals surface area contributed by atoms with E-state index in [1.165, 1.54) is 56.7 Å². The van der Waals surface area contributed by atoms with E-state index in [-0.39, 0.29) is 72.2 Å². The quantitative estimate of drug-likeness (QED) is 0.126. The summed E-state index contributed by atoms with van der Waals surface area (Å²) < 4.78 is 12.5. The van der Waals surface area contributed by atoms with Gasteiger partial charge in [0.15, 0.2) is 0 Å². The van der Waals surface area contributed by atoms with Gasteiger partial charge in [-0.3, -0.25) is 48.0 Å². The zero-order valence-electron chi connectivity index (χ0n) is 48.9. The molecule has 0 bridgehead atoms. The maximum atomic E-state index is 14.2. The second-order valence-corrected chi connectivity index (χ2v) is 26.4. The van der Waals surface area contributed by atoms with E-state index < -0.39 is 59.3 Å². The molecule has 6 aromatic rings. The summed E-state index contributed by atoms with van der Waals surface area (Å²) >= 11 is 0. The fourth-order valence-corrected chi connectivity index (χ4v) is 17.3. The van der Waals surface area contributed by atoms with Crippen molar-refractivity contribution >= 4 is 57.2 Å². The second-order valence-electron chi connectivity index (χ2n) is 26.4. The number of benzene rings is 4. The maximum absolute atomic E-state index is 14.2. The summed E-state index contributed by atoms with van der Waals surface area (Å²) in [5, 5.41) is 32.5. The van der Waals surface area contributed by atoms with Gasteiger partial charge in [0.1, 0.15) is 24.2 Å². The standard InChI is InChI=1S/2C33H37N5O5/c2*1-32(35-29(39)21-15-23-22-10-6-11-24-28(22)20(17-34-24)16-25(23)36(2)18-21)31(41)38-26(14-19-8-4-3-5-9-19)30(40)37-13-7-12-27(37)33(38,42)43-32/h2*3-6,8-11,17,21,23,25-27,34,42H,7,12-16,18H2,1-2H3,(H,35,39)/t21-,23?,25-,26+,27+,32-,33+;21-,23-,25-,26+,27+,32-,33+/m11/s1. The minimum Gasteiger partial charge on any atom is -0.361 e. The number of rotatable bonds is 8. The summed E-state index contributed by atoms with van der Waals surface area (Å²) in [5.74, 6) is -6.62. The highest BCUT2D eigenvalue weighted by Crippen LogP contribution is 2.50. The molecule has 448 valence electrons. The van der Waals surface area contributed by atoms with Crippen molar-refractivity contribution in [1.82, 2.24) is 50.0 Å². The number of H-pyrrole nitrogens is 2. The van der Waals surface area contributed by atoms with Crippen LogP contribution in [0.4, 0.5) is 0 Å². The molecular formula is C66H74N10O10. The first-order chi connectivity index (χ1) is 41.4. The number of nitrogens with zero attached hydrogens (tertiary/aromatic N) is 6. The lowest BCUT2D eigenvalue weighted by molar-refractivity contribution is -0.315. The SMILES string of the molecule is CN1C[C@H](C(=O)N[C@]2(C)O[C@@]3(O)[C@@H]4CCCN4C(=O)[C@H](Cc4ccccc4)N3C2=O)CC2c3cccc4[nH]cc(c34)C[C@H]21.CN1C[C@H](C(=O)N[C@]2(C)O[C@@]3(O)[C@@H]4CCCN4C(=O)[C@H](Cc4ccccc4)N3C2=O)C[C@@H]2c3cccc4[nH]cc(c34)C[C@H]21. The van der Waals surface area contributed by atoms with Crippen molar-refractivity contribution in [3.05, 3.63) is 143 Å². The number of nitrogens with one attached hydrogen (secondary N) is 4. The third kappa shape index (κ3) is 8.36. The Morgan fingerprint density at radius 3 is 1.40 bits per heavy atom. The highest BCUT2D eigenvalue weighted by Gasteiger charge is 2.72. The first-order valence-electron chi connectivity index (χ1n) is 30.8. The van der Waals surface area contributed by atoms with Gasteiger partial charge >= 0.3 is 0 Å². The van der Waals surface area contributed by atoms with Gasteiger partial charge in [0.05, 0.1) is 11.8 Å². The maximum Gasteiger partial charge on any atom is 0.280 e. The van der Waals surface area contributed by atoms with Gasteiger partial charge in [-0.15, -0.1) is 0 Å². The van der Waals surface area contributed by atoms with Crippen LogP contribution < -0.4 is 10.6 Å². The number of ether oxygens (including phenoxy) is 2. The zero-order valence-corrected chi connectivity index (χ0v) is 48.9. The summed E-state index contributed by atoms with van der Waals surface area (Å²) in [5.41, 5.74) is 5.48. The third-order valence-electron chi connectivity index (χ3n) is 21.2. The van der Waals surface area contributed by atoms with Gasteiger partial charge in [-0.05, 0) is 125 Å². The summed E-state index contributed by atoms with van der Waals surface area (Å²) in [7, 11) is 4.12. The summed E-state index contributed by atoms with van der Waals surface area (Å²) in [6.45, 7) is 5.11. The molecule has 20 nitrogen and oxygen atoms in total. The molecule has 14 atom stereocenters. The number of piperazine rings is 2. The fourth-order valence-electron chi connectivity index (χ4n) is 17.3. The van der Waals surface area contributed by atoms with Crippen molar-refractivity contribution in [3.8, 4) is 0 Å². The Balaban J connectivity index is 0.000000145. The number of aromatic amines is 2. The Morgan fingerprint density at radius 1 is 0.581 bits per heavy atom. The van der Waals surface area contributed by atoms with Crippen molar-refractivity contribution in [2.24, 2.45) is 11.8 Å². The molecular weight excluding hydrogens is 1090 g/mol. The van der Waals surface area contributed by atoms with Gasteiger partial charge in [-0.1, -0.05) is 84.9 Å². The van der Waals surface area contributed by atoms with Crippen LogP contribution in [0, 0.1) is 11.8 Å². The Kier molecular flexibility index (Phi) is 12.9. The lowest BCUT2D eigenvalue weighted by Crippen LogP contribution is -2.71. The summed E-state index contributed by atoms with van der Waals surface area (Å²) in [6.07, 6.45) is 10.3. The van der Waals surface area contributed by atoms with E-state index in [0.717, 1.165) is 35.0 Å². The molecule has 16 rings (SSSR count). The number of aromatic nitrogens is 2. The average molecular weight is 1170 g/mol. The first-order valence-corrected chi connectivity index (χ1v) is 30.8. The molecule has 86 heavy (non-hydrogen) atoms. The Bertz CT molecular complexity index is 3520. The molecule has 6 amide bonds. The molecule has 8 fully saturated rings. The predicted molar refractivity (Wildman–Crippen MR) is 315 cm³/mol. The molecule has 0 spiro atoms. The second kappa shape index (κ2) is 20.0. The molecule has 4 aromatic carbocycles. The van der Waals surface area contributed by atoms with Gasteiger partial charge in [0.25, 0.3) is 23.6 Å². The molecule has 2 aliphatic carbocycles. The summed E-state index contributed by atoms with van der Waals surface area (Å²) in [6, 6.07) is 28.9. The van der Waals surface area contributed by atoms with Gasteiger partial charge in [0, 0.05) is 97.1 Å². The number of hydrogen-bond acceptors (Lipinski definition) is 12. The normalized spacial score (nSPS) is 35.2. The van der Waals surface area contributed by atoms with Crippen molar-refractivity contribution in [2.45, 2.75) is 149 Å². The number of hydrogen-bond donors (Lipinski definition) is 6. The van der Waals surface area contributed by atoms with Crippen LogP contribution in [0.25, 0.3) is 21.8 Å². The van der Waals surface area contributed by atoms with E-state index in [2.05, 4.69) is 93.3 Å². The zero-order chi connectivity index (χ0) is 59.3. The van der Waals surface area contributed by atoms with Gasteiger partial charge in [-0.2, -0.15) is 0 Å². The average Bonchev–Trinajstić information content (AvgIpc) is 1.83. The number of carbonyl (C=O) groups is 6. The number of likely N-dealkylation sites (tertiary alicyclic amines) is 2. The molecule has 8 saturated heterocycles. The van der Waals surface area contributed by atoms with Crippen LogP contribution in [-0.4, -0.2) is 185 Å². The van der Waals surface area contributed by atoms with Crippen LogP contribution in [0.3, 0.4) is 0 Å². The highest BCUT2D eigenvalue weighted by molar-refractivity contribution is 5.99. The molecule has 0 radical (unpaired) electrons. The van der Waals surface area contributed by atoms with E-state index in [4.69, 9.17) is 9.47 Å². The number of carbonyl (C=O) groups excluding carboxylic acids is 6. The topological polar surface area (TPSA) is 236 Å². The van der Waals surface area contributed by atoms with E-state index in [0.29, 0.717) is 64.7 Å². The molecule has 1 unspecified atom stereocenters. The lowest BCUT2D eigenvalue weighted by atomic mass is 9.72. The van der Waals surface area contributed by atoms with E-state index in [1.807, 2.05) is 60.7 Å². The summed E-state index contributed by atoms with van der Waals surface area (Å²) in [4.78, 5) is 101. The van der Waals surface area contributed by atoms with Crippen LogP contribution >= 0.6 is 0 Å². The molecule has 20 heteroatoms. The predicted octanol–water partition coefficient (Wildman–Crippen LogP) is 4.16. The Morgan fingerprint density at radius 2 is 0.988 bits per heavy atom. The van der Waals surface area contributed by atoms with Gasteiger partial charge < -0.3 is 50.4 Å². The number of amides is 6. The molecule has 10 heterocycles. The van der Waals surface area contributed by atoms with E-state index in [1.54, 1.807) is 9.80 Å². The number of aliphatic hydroxyl groups is 2. The molecule has 2 aromatic heterocycles. The van der Waals surface area contributed by atoms with Crippen molar-refractivity contribution in [1.29, 1.82) is 0 Å². The number of likely N-dealkylation sites (N-methyl/N-ethyl adjacent to an activating group) is 2. The molecule has 8 aliphatic heterocycles. The van der Waals surface area contributed by atoms with Crippen LogP contribution in [-0.2, 0) is 63.9 Å². The highest BCUT2D eigenvalue weighted by atomic mass is 16.7. The fraction of sp³-hybridized carbons (Fsp3) is 0.485. The monoisotopic (exact) mass is 1170 g/mol. The van der Waals surface area contributed by atoms with Crippen LogP contribution in [0.5, 0.6) is 0 Å². The van der Waals surface area contributed by atoms with Gasteiger partial charge in [0.2, 0.25) is 35.1 Å². The molecule has 6 N–H and O–H groups in total. The van der Waals surface area contributed by atoms with Crippen LogP contribution in [0.1, 0.15) is 97.6 Å². The number of piperidine rings is 2. The van der Waals surface area contributed by atoms with Crippen molar-refractivity contribution in [2.75, 3.05) is 40.3 Å². The first kappa shape index (κ1) is 55.1. The number of fused-ring (bicyclic) bond motifs is 10. The van der Waals surface area contributed by atoms with Crippen LogP contribution in [0.2, 0.25) is 0 Å². The van der Waals surface area contributed by atoms with E-state index >= 15 is 0 Å². The lowest BCUT2D eigenvalue weighted by Gasteiger charge is -2.48. The smallest absolute Gasteiger partial charge is 0.280 e. The third-order valence-corrected chi connectivity index (χ3v) is 21.2. The van der Waals surface area contributed by atoms with E-state index in [9.17, 15) is 39.0 Å². The largest absolute Gasteiger partial charge is 0.361 e.